The van der Waals surface area contributed by atoms with Crippen molar-refractivity contribution in [2.75, 3.05) is 16.8 Å². The normalized spacial score (nSPS) is 23.1. The monoisotopic (exact) mass is 384 g/mol. The smallest absolute Gasteiger partial charge is 0.240 e. The van der Waals surface area contributed by atoms with Crippen LogP contribution in [0, 0.1) is 19.3 Å². The van der Waals surface area contributed by atoms with Gasteiger partial charge in [-0.3, -0.25) is 9.59 Å². The molecule has 1 aromatic carbocycles. The Morgan fingerprint density at radius 2 is 1.88 bits per heavy atom. The van der Waals surface area contributed by atoms with E-state index in [1.165, 1.54) is 0 Å². The molecule has 1 heterocycles. The number of aryl methyl sites for hydroxylation is 2. The Labute approximate surface area is 152 Å². The van der Waals surface area contributed by atoms with Gasteiger partial charge >= 0.3 is 0 Å². The van der Waals surface area contributed by atoms with E-state index in [1.807, 2.05) is 19.9 Å². The minimum absolute atomic E-state index is 0.0562. The van der Waals surface area contributed by atoms with Gasteiger partial charge in [-0.1, -0.05) is 17.7 Å². The molecule has 25 heavy (non-hydrogen) atoms. The highest BCUT2D eigenvalue weighted by Crippen LogP contribution is 2.47. The number of hydrogen-bond acceptors (Lipinski definition) is 4. The van der Waals surface area contributed by atoms with Crippen LogP contribution in [0.25, 0.3) is 0 Å². The number of sulfone groups is 1. The van der Waals surface area contributed by atoms with E-state index in [-0.39, 0.29) is 17.4 Å². The lowest BCUT2D eigenvalue weighted by Crippen LogP contribution is -2.45. The summed E-state index contributed by atoms with van der Waals surface area (Å²) in [6.07, 6.45) is 1.30. The molecule has 1 unspecified atom stereocenters. The molecule has 1 saturated heterocycles. The van der Waals surface area contributed by atoms with Gasteiger partial charge in [0.15, 0.2) is 9.84 Å². The number of carbonyl (C=O) groups is 2. The van der Waals surface area contributed by atoms with Crippen LogP contribution in [0.2, 0.25) is 5.02 Å². The molecular weight excluding hydrogens is 364 g/mol. The number of benzene rings is 1. The third-order valence-electron chi connectivity index (χ3n) is 4.86. The van der Waals surface area contributed by atoms with Crippen LogP contribution >= 0.6 is 11.6 Å². The first-order valence-electron chi connectivity index (χ1n) is 8.22. The summed E-state index contributed by atoms with van der Waals surface area (Å²) in [7, 11) is -3.08. The van der Waals surface area contributed by atoms with Crippen molar-refractivity contribution >= 4 is 38.9 Å². The molecule has 1 aromatic rings. The van der Waals surface area contributed by atoms with Gasteiger partial charge in [0.1, 0.15) is 5.41 Å². The van der Waals surface area contributed by atoms with E-state index < -0.39 is 27.2 Å². The molecule has 1 saturated carbocycles. The minimum Gasteiger partial charge on any atom is -0.351 e. The first-order chi connectivity index (χ1) is 11.6. The van der Waals surface area contributed by atoms with Gasteiger partial charge in [0.05, 0.1) is 22.2 Å². The van der Waals surface area contributed by atoms with Crippen molar-refractivity contribution in [3.8, 4) is 0 Å². The number of rotatable bonds is 4. The van der Waals surface area contributed by atoms with Crippen molar-refractivity contribution in [2.24, 2.45) is 5.41 Å². The fraction of sp³-hybridized carbons (Fsp3) is 0.529. The van der Waals surface area contributed by atoms with Crippen molar-refractivity contribution in [3.63, 3.8) is 0 Å². The Bertz CT molecular complexity index is 823. The van der Waals surface area contributed by atoms with Crippen molar-refractivity contribution in [1.29, 1.82) is 0 Å². The SMILES string of the molecule is Cc1cc(C)c(NC(=O)C2(C(=O)NC3CCS(=O)(=O)C3)CC2)c(Cl)c1. The summed E-state index contributed by atoms with van der Waals surface area (Å²) in [5.74, 6) is -0.762. The first-order valence-corrected chi connectivity index (χ1v) is 10.4. The van der Waals surface area contributed by atoms with Crippen molar-refractivity contribution in [3.05, 3.63) is 28.3 Å². The maximum atomic E-state index is 12.7. The van der Waals surface area contributed by atoms with Gasteiger partial charge in [0, 0.05) is 6.04 Å². The highest BCUT2D eigenvalue weighted by Gasteiger charge is 2.57. The molecule has 2 aliphatic rings. The van der Waals surface area contributed by atoms with E-state index in [4.69, 9.17) is 11.6 Å². The number of carbonyl (C=O) groups excluding carboxylic acids is 2. The molecule has 8 heteroatoms. The van der Waals surface area contributed by atoms with Crippen LogP contribution in [0.15, 0.2) is 12.1 Å². The molecule has 0 spiro atoms. The van der Waals surface area contributed by atoms with E-state index in [9.17, 15) is 18.0 Å². The van der Waals surface area contributed by atoms with Crippen LogP contribution in [-0.2, 0) is 19.4 Å². The van der Waals surface area contributed by atoms with E-state index in [0.29, 0.717) is 30.0 Å². The highest BCUT2D eigenvalue weighted by atomic mass is 35.5. The summed E-state index contributed by atoms with van der Waals surface area (Å²) in [6.45, 7) is 3.76. The van der Waals surface area contributed by atoms with Gasteiger partial charge in [-0.15, -0.1) is 0 Å². The maximum absolute atomic E-state index is 12.7. The van der Waals surface area contributed by atoms with Crippen molar-refractivity contribution in [2.45, 2.75) is 39.2 Å². The largest absolute Gasteiger partial charge is 0.351 e. The van der Waals surface area contributed by atoms with E-state index >= 15 is 0 Å². The summed E-state index contributed by atoms with van der Waals surface area (Å²) < 4.78 is 23.0. The topological polar surface area (TPSA) is 92.3 Å². The fourth-order valence-electron chi connectivity index (χ4n) is 3.22. The van der Waals surface area contributed by atoms with Gasteiger partial charge < -0.3 is 10.6 Å². The van der Waals surface area contributed by atoms with Crippen LogP contribution in [0.3, 0.4) is 0 Å². The number of hydrogen-bond donors (Lipinski definition) is 2. The van der Waals surface area contributed by atoms with Gasteiger partial charge in [-0.05, 0) is 50.3 Å². The Hall–Kier alpha value is -1.60. The zero-order valence-corrected chi connectivity index (χ0v) is 15.8. The third-order valence-corrected chi connectivity index (χ3v) is 6.92. The molecule has 1 aliphatic heterocycles. The second-order valence-electron chi connectivity index (χ2n) is 7.05. The van der Waals surface area contributed by atoms with Gasteiger partial charge in [-0.2, -0.15) is 0 Å². The predicted octanol–water partition coefficient (Wildman–Crippen LogP) is 1.98. The lowest BCUT2D eigenvalue weighted by molar-refractivity contribution is -0.134. The quantitative estimate of drug-likeness (QED) is 0.776. The number of amides is 2. The second-order valence-corrected chi connectivity index (χ2v) is 9.68. The van der Waals surface area contributed by atoms with E-state index in [2.05, 4.69) is 10.6 Å². The fourth-order valence-corrected chi connectivity index (χ4v) is 5.26. The van der Waals surface area contributed by atoms with Crippen molar-refractivity contribution < 1.29 is 18.0 Å². The number of nitrogens with one attached hydrogen (secondary N) is 2. The van der Waals surface area contributed by atoms with Crippen LogP contribution in [-0.4, -0.2) is 37.8 Å². The molecule has 0 aromatic heterocycles. The number of anilines is 1. The molecular formula is C17H21ClN2O4S. The number of halogens is 1. The maximum Gasteiger partial charge on any atom is 0.240 e. The molecule has 1 atom stereocenters. The van der Waals surface area contributed by atoms with E-state index in [0.717, 1.165) is 11.1 Å². The third kappa shape index (κ3) is 3.67. The Balaban J connectivity index is 1.71. The Morgan fingerprint density at radius 1 is 1.20 bits per heavy atom. The highest BCUT2D eigenvalue weighted by molar-refractivity contribution is 7.91. The predicted molar refractivity (Wildman–Crippen MR) is 96.4 cm³/mol. The lowest BCUT2D eigenvalue weighted by atomic mass is 10.0. The van der Waals surface area contributed by atoms with Crippen LogP contribution in [0.4, 0.5) is 5.69 Å². The van der Waals surface area contributed by atoms with Gasteiger partial charge in [0.25, 0.3) is 0 Å². The summed E-state index contributed by atoms with van der Waals surface area (Å²) in [5.41, 5.74) is 1.21. The van der Waals surface area contributed by atoms with Crippen LogP contribution in [0.5, 0.6) is 0 Å². The van der Waals surface area contributed by atoms with Crippen molar-refractivity contribution in [1.82, 2.24) is 5.32 Å². The van der Waals surface area contributed by atoms with Gasteiger partial charge in [-0.25, -0.2) is 8.42 Å². The summed E-state index contributed by atoms with van der Waals surface area (Å²) in [6, 6.07) is 3.25. The zero-order valence-electron chi connectivity index (χ0n) is 14.2. The molecule has 3 rings (SSSR count). The molecule has 2 N–H and O–H groups in total. The zero-order chi connectivity index (χ0) is 18.4. The summed E-state index contributed by atoms with van der Waals surface area (Å²) in [4.78, 5) is 25.2. The molecule has 1 aliphatic carbocycles. The average Bonchev–Trinajstić information content (AvgIpc) is 3.23. The summed E-state index contributed by atoms with van der Waals surface area (Å²) in [5, 5.41) is 5.95. The lowest BCUT2D eigenvalue weighted by Gasteiger charge is -2.19. The summed E-state index contributed by atoms with van der Waals surface area (Å²) >= 11 is 6.22. The molecule has 0 bridgehead atoms. The van der Waals surface area contributed by atoms with E-state index in [1.54, 1.807) is 6.07 Å². The Kier molecular flexibility index (Phi) is 4.58. The minimum atomic E-state index is -3.08. The standard InChI is InChI=1S/C17H21ClN2O4S/c1-10-7-11(2)14(13(18)8-10)20-16(22)17(4-5-17)15(21)19-12-3-6-25(23,24)9-12/h7-8,12H,3-6,9H2,1-2H3,(H,19,21)(H,20,22). The van der Waals surface area contributed by atoms with Crippen LogP contribution < -0.4 is 10.6 Å². The molecule has 6 nitrogen and oxygen atoms in total. The molecule has 2 fully saturated rings. The van der Waals surface area contributed by atoms with Crippen LogP contribution in [0.1, 0.15) is 30.4 Å². The molecule has 136 valence electrons. The molecule has 2 amide bonds. The van der Waals surface area contributed by atoms with Gasteiger partial charge in [0.2, 0.25) is 11.8 Å². The second kappa shape index (κ2) is 6.29. The Morgan fingerprint density at radius 3 is 2.40 bits per heavy atom. The average molecular weight is 385 g/mol. The molecule has 0 radical (unpaired) electrons. The first kappa shape index (κ1) is 18.2.